The number of halogens is 1. The van der Waals surface area contributed by atoms with Crippen LogP contribution in [-0.2, 0) is 4.74 Å². The minimum absolute atomic E-state index is 0.0150. The first-order valence-corrected chi connectivity index (χ1v) is 6.89. The monoisotopic (exact) mass is 268 g/mol. The van der Waals surface area contributed by atoms with Gasteiger partial charge in [-0.3, -0.25) is 4.90 Å². The molecule has 0 aliphatic heterocycles. The molecule has 1 aromatic rings. The van der Waals surface area contributed by atoms with Crippen LogP contribution < -0.4 is 5.73 Å². The predicted molar refractivity (Wildman–Crippen MR) is 76.5 cm³/mol. The second kappa shape index (κ2) is 8.25. The lowest BCUT2D eigenvalue weighted by Crippen LogP contribution is -2.40. The molecule has 2 N–H and O–H groups in total. The van der Waals surface area contributed by atoms with Crippen molar-refractivity contribution in [3.63, 3.8) is 0 Å². The zero-order valence-corrected chi connectivity index (χ0v) is 12.1. The summed E-state index contributed by atoms with van der Waals surface area (Å²) >= 11 is 0. The topological polar surface area (TPSA) is 38.5 Å². The number of hydrogen-bond acceptors (Lipinski definition) is 3. The van der Waals surface area contributed by atoms with Crippen LogP contribution >= 0.6 is 0 Å². The Morgan fingerprint density at radius 3 is 2.68 bits per heavy atom. The third-order valence-electron chi connectivity index (χ3n) is 3.33. The van der Waals surface area contributed by atoms with Crippen molar-refractivity contribution < 1.29 is 9.13 Å². The van der Waals surface area contributed by atoms with E-state index in [0.29, 0.717) is 13.2 Å². The predicted octanol–water partition coefficient (Wildman–Crippen LogP) is 2.57. The summed E-state index contributed by atoms with van der Waals surface area (Å²) in [5.41, 5.74) is 7.12. The van der Waals surface area contributed by atoms with Crippen LogP contribution in [0.25, 0.3) is 0 Å². The van der Waals surface area contributed by atoms with Crippen molar-refractivity contribution in [2.75, 3.05) is 26.8 Å². The highest BCUT2D eigenvalue weighted by Gasteiger charge is 2.23. The van der Waals surface area contributed by atoms with Gasteiger partial charge in [0.25, 0.3) is 0 Å². The molecule has 0 aliphatic carbocycles. The van der Waals surface area contributed by atoms with E-state index in [-0.39, 0.29) is 17.9 Å². The molecular weight excluding hydrogens is 243 g/mol. The molecule has 2 unspecified atom stereocenters. The lowest BCUT2D eigenvalue weighted by molar-refractivity contribution is 0.100. The Morgan fingerprint density at radius 2 is 2.11 bits per heavy atom. The molecule has 2 atom stereocenters. The average molecular weight is 268 g/mol. The molecule has 0 amide bonds. The number of nitrogens with two attached hydrogens (primary N) is 1. The van der Waals surface area contributed by atoms with Gasteiger partial charge < -0.3 is 10.5 Å². The molecule has 0 bridgehead atoms. The molecule has 0 saturated carbocycles. The van der Waals surface area contributed by atoms with Crippen LogP contribution in [0.1, 0.15) is 31.9 Å². The van der Waals surface area contributed by atoms with Gasteiger partial charge in [-0.1, -0.05) is 19.1 Å². The quantitative estimate of drug-likeness (QED) is 0.736. The van der Waals surface area contributed by atoms with Gasteiger partial charge in [-0.15, -0.1) is 0 Å². The van der Waals surface area contributed by atoms with Gasteiger partial charge in [0.15, 0.2) is 0 Å². The van der Waals surface area contributed by atoms with Crippen LogP contribution in [0, 0.1) is 5.82 Å². The van der Waals surface area contributed by atoms with Crippen molar-refractivity contribution in [2.45, 2.75) is 32.4 Å². The lowest BCUT2D eigenvalue weighted by Gasteiger charge is -2.32. The molecule has 0 radical (unpaired) electrons. The number of ether oxygens (including phenoxy) is 1. The number of nitrogens with zero attached hydrogens (tertiary/aromatic N) is 1. The van der Waals surface area contributed by atoms with Gasteiger partial charge in [-0.25, -0.2) is 4.39 Å². The summed E-state index contributed by atoms with van der Waals surface area (Å²) in [6.07, 6.45) is 0.847. The minimum Gasteiger partial charge on any atom is -0.380 e. The van der Waals surface area contributed by atoms with E-state index in [1.807, 2.05) is 27.0 Å². The van der Waals surface area contributed by atoms with Gasteiger partial charge in [0.2, 0.25) is 0 Å². The molecule has 3 nitrogen and oxygen atoms in total. The first-order chi connectivity index (χ1) is 9.10. The summed E-state index contributed by atoms with van der Waals surface area (Å²) in [5, 5.41) is 0. The standard InChI is InChI=1S/C15H25FN2O/c1-4-14(17)15(18(3)9-10-19-5-2)12-7-6-8-13(16)11-12/h6-8,11,14-15H,4-5,9-10,17H2,1-3H3. The fraction of sp³-hybridized carbons (Fsp3) is 0.600. The van der Waals surface area contributed by atoms with Crippen molar-refractivity contribution in [1.82, 2.24) is 4.90 Å². The van der Waals surface area contributed by atoms with E-state index in [1.165, 1.54) is 6.07 Å². The maximum absolute atomic E-state index is 13.4. The molecule has 0 aromatic heterocycles. The van der Waals surface area contributed by atoms with E-state index in [9.17, 15) is 4.39 Å². The third kappa shape index (κ3) is 4.90. The molecule has 0 fully saturated rings. The van der Waals surface area contributed by atoms with Crippen molar-refractivity contribution in [2.24, 2.45) is 5.73 Å². The largest absolute Gasteiger partial charge is 0.380 e. The maximum atomic E-state index is 13.4. The third-order valence-corrected chi connectivity index (χ3v) is 3.33. The summed E-state index contributed by atoms with van der Waals surface area (Å²) < 4.78 is 18.8. The summed E-state index contributed by atoms with van der Waals surface area (Å²) in [6, 6.07) is 6.68. The van der Waals surface area contributed by atoms with Gasteiger partial charge in [0.05, 0.1) is 6.61 Å². The lowest BCUT2D eigenvalue weighted by atomic mass is 9.96. The van der Waals surface area contributed by atoms with Crippen molar-refractivity contribution >= 4 is 0 Å². The number of likely N-dealkylation sites (N-methyl/N-ethyl adjacent to an activating group) is 1. The van der Waals surface area contributed by atoms with Gasteiger partial charge in [-0.2, -0.15) is 0 Å². The highest BCUT2D eigenvalue weighted by Crippen LogP contribution is 2.24. The molecule has 19 heavy (non-hydrogen) atoms. The van der Waals surface area contributed by atoms with E-state index in [1.54, 1.807) is 12.1 Å². The Hall–Kier alpha value is -0.970. The van der Waals surface area contributed by atoms with Crippen LogP contribution in [0.4, 0.5) is 4.39 Å². The van der Waals surface area contributed by atoms with Crippen LogP contribution in [0.15, 0.2) is 24.3 Å². The number of hydrogen-bond donors (Lipinski definition) is 1. The summed E-state index contributed by atoms with van der Waals surface area (Å²) in [6.45, 7) is 6.17. The van der Waals surface area contributed by atoms with E-state index in [2.05, 4.69) is 4.90 Å². The molecule has 0 heterocycles. The zero-order chi connectivity index (χ0) is 14.3. The number of benzene rings is 1. The molecular formula is C15H25FN2O. The molecule has 0 saturated heterocycles. The van der Waals surface area contributed by atoms with Gasteiger partial charge in [0.1, 0.15) is 5.82 Å². The smallest absolute Gasteiger partial charge is 0.123 e. The average Bonchev–Trinajstić information content (AvgIpc) is 2.39. The van der Waals surface area contributed by atoms with Crippen LogP contribution in [0.5, 0.6) is 0 Å². The second-order valence-electron chi connectivity index (χ2n) is 4.75. The summed E-state index contributed by atoms with van der Waals surface area (Å²) in [5.74, 6) is -0.219. The SMILES string of the molecule is CCOCCN(C)C(c1cccc(F)c1)C(N)CC. The van der Waals surface area contributed by atoms with Gasteiger partial charge in [0, 0.05) is 25.2 Å². The fourth-order valence-electron chi connectivity index (χ4n) is 2.23. The molecule has 1 rings (SSSR count). The van der Waals surface area contributed by atoms with E-state index in [0.717, 1.165) is 18.5 Å². The van der Waals surface area contributed by atoms with Crippen LogP contribution in [0.3, 0.4) is 0 Å². The first-order valence-electron chi connectivity index (χ1n) is 6.89. The molecule has 1 aromatic carbocycles. The molecule has 4 heteroatoms. The van der Waals surface area contributed by atoms with Crippen molar-refractivity contribution in [1.29, 1.82) is 0 Å². The van der Waals surface area contributed by atoms with E-state index >= 15 is 0 Å². The molecule has 0 spiro atoms. The van der Waals surface area contributed by atoms with Crippen LogP contribution in [0.2, 0.25) is 0 Å². The Balaban J connectivity index is 2.82. The van der Waals surface area contributed by atoms with Crippen LogP contribution in [-0.4, -0.2) is 37.7 Å². The summed E-state index contributed by atoms with van der Waals surface area (Å²) in [7, 11) is 2.00. The Kier molecular flexibility index (Phi) is 6.99. The normalized spacial score (nSPS) is 14.6. The second-order valence-corrected chi connectivity index (χ2v) is 4.75. The Labute approximate surface area is 115 Å². The maximum Gasteiger partial charge on any atom is 0.123 e. The highest BCUT2D eigenvalue weighted by atomic mass is 19.1. The first kappa shape index (κ1) is 16.1. The molecule has 0 aliphatic rings. The Bertz CT molecular complexity index is 373. The minimum atomic E-state index is -0.219. The Morgan fingerprint density at radius 1 is 1.37 bits per heavy atom. The van der Waals surface area contributed by atoms with E-state index in [4.69, 9.17) is 10.5 Å². The van der Waals surface area contributed by atoms with E-state index < -0.39 is 0 Å². The zero-order valence-electron chi connectivity index (χ0n) is 12.1. The molecule has 108 valence electrons. The fourth-order valence-corrected chi connectivity index (χ4v) is 2.23. The summed E-state index contributed by atoms with van der Waals surface area (Å²) in [4.78, 5) is 2.14. The van der Waals surface area contributed by atoms with Crippen molar-refractivity contribution in [3.05, 3.63) is 35.6 Å². The van der Waals surface area contributed by atoms with Crippen molar-refractivity contribution in [3.8, 4) is 0 Å². The highest BCUT2D eigenvalue weighted by molar-refractivity contribution is 5.21. The van der Waals surface area contributed by atoms with Gasteiger partial charge >= 0.3 is 0 Å². The number of rotatable bonds is 8. The van der Waals surface area contributed by atoms with Gasteiger partial charge in [-0.05, 0) is 38.1 Å².